The Hall–Kier alpha value is -1.36. The predicted octanol–water partition coefficient (Wildman–Crippen LogP) is -0.0330. The fourth-order valence-corrected chi connectivity index (χ4v) is 2.84. The molecule has 2 N–H and O–H groups in total. The van der Waals surface area contributed by atoms with Crippen LogP contribution in [0.1, 0.15) is 30.3 Å². The summed E-state index contributed by atoms with van der Waals surface area (Å²) in [4.78, 5) is 18.1. The number of carbonyl (C=O) groups is 1. The number of aromatic nitrogens is 2. The molecule has 0 saturated carbocycles. The lowest BCUT2D eigenvalue weighted by atomic mass is 9.89. The first-order valence-electron chi connectivity index (χ1n) is 5.73. The molecule has 1 amide bonds. The Kier molecular flexibility index (Phi) is 2.04. The third-order valence-electron chi connectivity index (χ3n) is 3.71. The van der Waals surface area contributed by atoms with E-state index in [1.165, 1.54) is 5.69 Å². The van der Waals surface area contributed by atoms with Crippen LogP contribution in [-0.4, -0.2) is 32.9 Å². The van der Waals surface area contributed by atoms with Gasteiger partial charge in [-0.25, -0.2) is 4.98 Å². The number of rotatable bonds is 0. The fraction of sp³-hybridized carbons (Fsp3) is 0.636. The second-order valence-corrected chi connectivity index (χ2v) is 4.67. The maximum atomic E-state index is 11.8. The van der Waals surface area contributed by atoms with Crippen molar-refractivity contribution in [3.8, 4) is 0 Å². The molecule has 0 aromatic carbocycles. The highest BCUT2D eigenvalue weighted by molar-refractivity contribution is 5.78. The molecule has 5 heteroatoms. The monoisotopic (exact) mass is 220 g/mol. The Bertz CT molecular complexity index is 439. The second kappa shape index (κ2) is 3.31. The summed E-state index contributed by atoms with van der Waals surface area (Å²) in [6.45, 7) is 0.781. The Morgan fingerprint density at radius 1 is 1.50 bits per heavy atom. The normalized spacial score (nSPS) is 28.9. The largest absolute Gasteiger partial charge is 0.337 e. The molecule has 2 aliphatic heterocycles. The highest BCUT2D eigenvalue weighted by atomic mass is 16.2. The lowest BCUT2D eigenvalue weighted by molar-refractivity contribution is -0.138. The first-order chi connectivity index (χ1) is 7.68. The molecule has 0 spiro atoms. The number of amides is 1. The summed E-state index contributed by atoms with van der Waals surface area (Å²) < 4.78 is 2.04. The Morgan fingerprint density at radius 3 is 3.12 bits per heavy atom. The molecule has 1 fully saturated rings. The van der Waals surface area contributed by atoms with E-state index in [4.69, 9.17) is 5.73 Å². The van der Waals surface area contributed by atoms with E-state index in [-0.39, 0.29) is 18.0 Å². The van der Waals surface area contributed by atoms with E-state index in [1.54, 1.807) is 0 Å². The van der Waals surface area contributed by atoms with Crippen LogP contribution >= 0.6 is 0 Å². The van der Waals surface area contributed by atoms with Crippen LogP contribution in [-0.2, 0) is 18.3 Å². The van der Waals surface area contributed by atoms with E-state index in [1.807, 2.05) is 22.8 Å². The first kappa shape index (κ1) is 9.84. The van der Waals surface area contributed by atoms with Crippen molar-refractivity contribution in [2.75, 3.05) is 6.54 Å². The lowest BCUT2D eigenvalue weighted by Gasteiger charge is -2.42. The highest BCUT2D eigenvalue weighted by Gasteiger charge is 2.40. The van der Waals surface area contributed by atoms with E-state index in [0.29, 0.717) is 6.42 Å². The SMILES string of the molecule is Cn1cnc2c1CCN1C(=O)CCC(N)C21. The third-order valence-corrected chi connectivity index (χ3v) is 3.71. The van der Waals surface area contributed by atoms with Gasteiger partial charge < -0.3 is 15.2 Å². The maximum absolute atomic E-state index is 11.8. The van der Waals surface area contributed by atoms with Gasteiger partial charge in [0, 0.05) is 38.2 Å². The van der Waals surface area contributed by atoms with Gasteiger partial charge >= 0.3 is 0 Å². The summed E-state index contributed by atoms with van der Waals surface area (Å²) in [7, 11) is 2.00. The van der Waals surface area contributed by atoms with Crippen LogP contribution in [0.25, 0.3) is 0 Å². The lowest BCUT2D eigenvalue weighted by Crippen LogP contribution is -2.51. The number of hydrogen-bond donors (Lipinski definition) is 1. The highest BCUT2D eigenvalue weighted by Crippen LogP contribution is 2.35. The molecular formula is C11H16N4O. The van der Waals surface area contributed by atoms with Gasteiger partial charge in [-0.2, -0.15) is 0 Å². The average molecular weight is 220 g/mol. The topological polar surface area (TPSA) is 64.2 Å². The van der Waals surface area contributed by atoms with Crippen LogP contribution in [0.5, 0.6) is 0 Å². The van der Waals surface area contributed by atoms with Crippen molar-refractivity contribution >= 4 is 5.91 Å². The zero-order valence-corrected chi connectivity index (χ0v) is 9.39. The average Bonchev–Trinajstić information content (AvgIpc) is 2.66. The van der Waals surface area contributed by atoms with Crippen molar-refractivity contribution in [1.82, 2.24) is 14.5 Å². The molecule has 1 aromatic heterocycles. The van der Waals surface area contributed by atoms with Crippen molar-refractivity contribution in [2.45, 2.75) is 31.3 Å². The van der Waals surface area contributed by atoms with Gasteiger partial charge in [-0.3, -0.25) is 4.79 Å². The molecule has 0 radical (unpaired) electrons. The summed E-state index contributed by atoms with van der Waals surface area (Å²) in [5.74, 6) is 0.225. The number of fused-ring (bicyclic) bond motifs is 3. The summed E-state index contributed by atoms with van der Waals surface area (Å²) in [6.07, 6.45) is 4.07. The number of nitrogens with zero attached hydrogens (tertiary/aromatic N) is 3. The molecule has 16 heavy (non-hydrogen) atoms. The van der Waals surface area contributed by atoms with E-state index < -0.39 is 0 Å². The van der Waals surface area contributed by atoms with Gasteiger partial charge in [0.05, 0.1) is 18.1 Å². The van der Waals surface area contributed by atoms with Crippen LogP contribution in [0.4, 0.5) is 0 Å². The van der Waals surface area contributed by atoms with Crippen molar-refractivity contribution < 1.29 is 4.79 Å². The standard InChI is InChI=1S/C11H16N4O/c1-14-6-13-10-8(14)4-5-15-9(16)3-2-7(12)11(10)15/h6-7,11H,2-5,12H2,1H3. The minimum absolute atomic E-state index is 0.00574. The molecule has 1 saturated heterocycles. The number of nitrogens with two attached hydrogens (primary N) is 1. The molecule has 2 unspecified atom stereocenters. The van der Waals surface area contributed by atoms with E-state index in [2.05, 4.69) is 4.98 Å². The van der Waals surface area contributed by atoms with Crippen LogP contribution in [0.3, 0.4) is 0 Å². The molecule has 2 aliphatic rings. The van der Waals surface area contributed by atoms with Crippen molar-refractivity contribution in [2.24, 2.45) is 12.8 Å². The molecule has 3 heterocycles. The molecule has 1 aromatic rings. The van der Waals surface area contributed by atoms with Gasteiger partial charge in [0.15, 0.2) is 0 Å². The van der Waals surface area contributed by atoms with Crippen molar-refractivity contribution in [3.05, 3.63) is 17.7 Å². The molecule has 86 valence electrons. The van der Waals surface area contributed by atoms with Crippen molar-refractivity contribution in [3.63, 3.8) is 0 Å². The molecule has 2 atom stereocenters. The number of imidazole rings is 1. The van der Waals surface area contributed by atoms with Gasteiger partial charge in [-0.05, 0) is 6.42 Å². The van der Waals surface area contributed by atoms with Gasteiger partial charge in [-0.1, -0.05) is 0 Å². The summed E-state index contributed by atoms with van der Waals surface area (Å²) >= 11 is 0. The van der Waals surface area contributed by atoms with E-state index >= 15 is 0 Å². The summed E-state index contributed by atoms with van der Waals surface area (Å²) in [5.41, 5.74) is 8.37. The number of aryl methyl sites for hydroxylation is 1. The summed E-state index contributed by atoms with van der Waals surface area (Å²) in [5, 5.41) is 0. The van der Waals surface area contributed by atoms with Crippen molar-refractivity contribution in [1.29, 1.82) is 0 Å². The zero-order valence-electron chi connectivity index (χ0n) is 9.39. The number of piperidine rings is 1. The zero-order chi connectivity index (χ0) is 11.3. The minimum Gasteiger partial charge on any atom is -0.337 e. The summed E-state index contributed by atoms with van der Waals surface area (Å²) in [6, 6.07) is 0.0397. The van der Waals surface area contributed by atoms with Gasteiger partial charge in [0.1, 0.15) is 0 Å². The predicted molar refractivity (Wildman–Crippen MR) is 58.6 cm³/mol. The molecular weight excluding hydrogens is 204 g/mol. The number of carbonyl (C=O) groups excluding carboxylic acids is 1. The molecule has 0 aliphatic carbocycles. The Morgan fingerprint density at radius 2 is 2.31 bits per heavy atom. The first-order valence-corrected chi connectivity index (χ1v) is 5.73. The number of hydrogen-bond acceptors (Lipinski definition) is 3. The second-order valence-electron chi connectivity index (χ2n) is 4.67. The van der Waals surface area contributed by atoms with Crippen LogP contribution < -0.4 is 5.73 Å². The smallest absolute Gasteiger partial charge is 0.223 e. The van der Waals surface area contributed by atoms with Crippen LogP contribution in [0.15, 0.2) is 6.33 Å². The quantitative estimate of drug-likeness (QED) is 0.667. The molecule has 0 bridgehead atoms. The third kappa shape index (κ3) is 1.21. The molecule has 3 rings (SSSR count). The minimum atomic E-state index is 0.00574. The van der Waals surface area contributed by atoms with Crippen LogP contribution in [0.2, 0.25) is 0 Å². The fourth-order valence-electron chi connectivity index (χ4n) is 2.84. The van der Waals surface area contributed by atoms with E-state index in [0.717, 1.165) is 25.1 Å². The van der Waals surface area contributed by atoms with Gasteiger partial charge in [-0.15, -0.1) is 0 Å². The van der Waals surface area contributed by atoms with Gasteiger partial charge in [0.2, 0.25) is 5.91 Å². The van der Waals surface area contributed by atoms with Gasteiger partial charge in [0.25, 0.3) is 0 Å². The Labute approximate surface area is 94.2 Å². The van der Waals surface area contributed by atoms with Crippen LogP contribution in [0, 0.1) is 0 Å². The van der Waals surface area contributed by atoms with E-state index in [9.17, 15) is 4.79 Å². The maximum Gasteiger partial charge on any atom is 0.223 e. The Balaban J connectivity index is 2.06. The molecule has 5 nitrogen and oxygen atoms in total.